The lowest BCUT2D eigenvalue weighted by molar-refractivity contribution is -0.0547. The molecule has 2 aliphatic heterocycles. The number of aromatic nitrogens is 4. The summed E-state index contributed by atoms with van der Waals surface area (Å²) in [6.45, 7) is 18.2. The zero-order valence-corrected chi connectivity index (χ0v) is 24.5. The van der Waals surface area contributed by atoms with Crippen molar-refractivity contribution in [3.63, 3.8) is 0 Å². The Bertz CT molecular complexity index is 1020. The first-order valence-electron chi connectivity index (χ1n) is 12.8. The van der Waals surface area contributed by atoms with Gasteiger partial charge in [0, 0.05) is 0 Å². The molecule has 4 atom stereocenters. The van der Waals surface area contributed by atoms with Crippen molar-refractivity contribution in [1.29, 1.82) is 0 Å². The highest BCUT2D eigenvalue weighted by molar-refractivity contribution is 6.84. The molecule has 0 spiro atoms. The van der Waals surface area contributed by atoms with E-state index in [1.54, 1.807) is 6.33 Å². The van der Waals surface area contributed by atoms with Crippen LogP contribution in [0.5, 0.6) is 0 Å². The van der Waals surface area contributed by atoms with Crippen molar-refractivity contribution in [2.45, 2.75) is 102 Å². The highest BCUT2D eigenvalue weighted by Crippen LogP contribution is 2.48. The fourth-order valence-electron chi connectivity index (χ4n) is 5.76. The van der Waals surface area contributed by atoms with Gasteiger partial charge in [-0.3, -0.25) is 4.57 Å². The Morgan fingerprint density at radius 3 is 2.17 bits per heavy atom. The molecule has 2 saturated heterocycles. The molecular weight excluding hydrogens is 480 g/mol. The number of hydrogen-bond donors (Lipinski definition) is 2. The molecule has 2 aromatic rings. The van der Waals surface area contributed by atoms with Crippen LogP contribution in [0, 0.1) is 0 Å². The minimum absolute atomic E-state index is 0.155. The van der Waals surface area contributed by atoms with Crippen molar-refractivity contribution < 1.29 is 17.7 Å². The van der Waals surface area contributed by atoms with Crippen LogP contribution < -0.4 is 11.1 Å². The molecule has 4 heterocycles. The van der Waals surface area contributed by atoms with Crippen LogP contribution in [0.3, 0.4) is 0 Å². The lowest BCUT2D eigenvalue weighted by atomic mass is 10.1. The molecule has 0 aliphatic carbocycles. The number of fused-ring (bicyclic) bond motifs is 2. The van der Waals surface area contributed by atoms with Gasteiger partial charge in [0.2, 0.25) is 0 Å². The summed E-state index contributed by atoms with van der Waals surface area (Å²) < 4.78 is 30.1. The summed E-state index contributed by atoms with van der Waals surface area (Å²) in [5.41, 5.74) is 8.29. The van der Waals surface area contributed by atoms with Crippen molar-refractivity contribution in [3.05, 3.63) is 12.7 Å². The molecule has 1 unspecified atom stereocenters. The molecule has 10 nitrogen and oxygen atoms in total. The van der Waals surface area contributed by atoms with Gasteiger partial charge in [-0.1, -0.05) is 55.4 Å². The fourth-order valence-corrected chi connectivity index (χ4v) is 17.0. The predicted molar refractivity (Wildman–Crippen MR) is 140 cm³/mol. The van der Waals surface area contributed by atoms with E-state index in [1.807, 2.05) is 11.6 Å². The molecule has 196 valence electrons. The molecule has 2 aliphatic rings. The van der Waals surface area contributed by atoms with Gasteiger partial charge in [0.25, 0.3) is 0 Å². The maximum atomic E-state index is 7.32. The molecular formula is C23H42N6O4Si2. The van der Waals surface area contributed by atoms with Crippen LogP contribution in [0.15, 0.2) is 12.7 Å². The van der Waals surface area contributed by atoms with E-state index in [2.05, 4.69) is 75.7 Å². The minimum Gasteiger partial charge on any atom is -0.414 e. The zero-order chi connectivity index (χ0) is 25.7. The third kappa shape index (κ3) is 4.26. The van der Waals surface area contributed by atoms with Crippen LogP contribution in [0.4, 0.5) is 5.82 Å². The average Bonchev–Trinajstić information content (AvgIpc) is 3.34. The van der Waals surface area contributed by atoms with Gasteiger partial charge in [-0.25, -0.2) is 15.0 Å². The summed E-state index contributed by atoms with van der Waals surface area (Å²) in [6.07, 6.45) is 2.28. The van der Waals surface area contributed by atoms with Gasteiger partial charge < -0.3 is 28.8 Å². The second-order valence-corrected chi connectivity index (χ2v) is 19.9. The lowest BCUT2D eigenvalue weighted by Gasteiger charge is -2.51. The van der Waals surface area contributed by atoms with Crippen LogP contribution in [0.2, 0.25) is 22.2 Å². The van der Waals surface area contributed by atoms with Crippen LogP contribution in [-0.2, 0) is 17.7 Å². The number of likely N-dealkylation sites (N-methyl/N-ethyl adjacent to an activating group) is 1. The number of nitrogens with two attached hydrogens (primary N) is 1. The summed E-state index contributed by atoms with van der Waals surface area (Å²) in [5, 5.41) is 3.46. The Hall–Kier alpha value is -1.42. The quantitative estimate of drug-likeness (QED) is 0.545. The number of nitrogen functional groups attached to an aromatic ring is 1. The van der Waals surface area contributed by atoms with Crippen molar-refractivity contribution in [3.8, 4) is 0 Å². The van der Waals surface area contributed by atoms with Gasteiger partial charge in [0.15, 0.2) is 17.7 Å². The first kappa shape index (κ1) is 26.6. The van der Waals surface area contributed by atoms with E-state index < -0.39 is 23.3 Å². The lowest BCUT2D eigenvalue weighted by Crippen LogP contribution is -2.66. The smallest absolute Gasteiger partial charge is 0.335 e. The number of ether oxygens (including phenoxy) is 1. The van der Waals surface area contributed by atoms with E-state index in [0.717, 1.165) is 0 Å². The number of nitrogens with zero attached hydrogens (tertiary/aromatic N) is 4. The van der Waals surface area contributed by atoms with Crippen molar-refractivity contribution in [1.82, 2.24) is 24.8 Å². The SMILES string of the molecule is CN[C@H]1C(n2cnc3c(N)ncnc32)O[C@@H]2CO[Si](C(C)C)(C(C)C)O[Si](C(C)C)(C(C)C)O[C@H]21. The maximum absolute atomic E-state index is 7.32. The monoisotopic (exact) mass is 522 g/mol. The Morgan fingerprint density at radius 1 is 0.971 bits per heavy atom. The molecule has 2 fully saturated rings. The zero-order valence-electron chi connectivity index (χ0n) is 22.5. The average molecular weight is 523 g/mol. The van der Waals surface area contributed by atoms with Gasteiger partial charge in [0.1, 0.15) is 17.9 Å². The van der Waals surface area contributed by atoms with Crippen molar-refractivity contribution in [2.24, 2.45) is 0 Å². The van der Waals surface area contributed by atoms with E-state index >= 15 is 0 Å². The van der Waals surface area contributed by atoms with Crippen molar-refractivity contribution >= 4 is 34.1 Å². The van der Waals surface area contributed by atoms with Crippen LogP contribution in [0.25, 0.3) is 11.2 Å². The normalized spacial score (nSPS) is 28.7. The molecule has 0 saturated carbocycles. The number of imidazole rings is 1. The summed E-state index contributed by atoms with van der Waals surface area (Å²) >= 11 is 0. The van der Waals surface area contributed by atoms with Gasteiger partial charge >= 0.3 is 17.1 Å². The second-order valence-electron chi connectivity index (χ2n) is 11.0. The topological polar surface area (TPSA) is 119 Å². The molecule has 0 radical (unpaired) electrons. The molecule has 0 amide bonds. The number of nitrogens with one attached hydrogen (secondary N) is 1. The summed E-state index contributed by atoms with van der Waals surface area (Å²) in [4.78, 5) is 13.0. The molecule has 2 aromatic heterocycles. The largest absolute Gasteiger partial charge is 0.414 e. The third-order valence-electron chi connectivity index (χ3n) is 7.67. The summed E-state index contributed by atoms with van der Waals surface area (Å²) in [6, 6.07) is -0.155. The van der Waals surface area contributed by atoms with Crippen LogP contribution in [-0.4, -0.2) is 68.5 Å². The molecule has 3 N–H and O–H groups in total. The fraction of sp³-hybridized carbons (Fsp3) is 0.783. The highest BCUT2D eigenvalue weighted by atomic mass is 28.5. The number of hydrogen-bond acceptors (Lipinski definition) is 9. The van der Waals surface area contributed by atoms with E-state index in [4.69, 9.17) is 23.4 Å². The van der Waals surface area contributed by atoms with Gasteiger partial charge in [-0.05, 0) is 29.2 Å². The third-order valence-corrected chi connectivity index (χ3v) is 17.9. The molecule has 0 bridgehead atoms. The molecule has 12 heteroatoms. The number of rotatable bonds is 6. The Labute approximate surface area is 210 Å². The first-order chi connectivity index (χ1) is 16.5. The molecule has 4 rings (SSSR count). The van der Waals surface area contributed by atoms with E-state index in [9.17, 15) is 0 Å². The van der Waals surface area contributed by atoms with Gasteiger partial charge in [-0.15, -0.1) is 0 Å². The molecule has 0 aromatic carbocycles. The Kier molecular flexibility index (Phi) is 7.46. The van der Waals surface area contributed by atoms with E-state index in [0.29, 0.717) is 23.6 Å². The summed E-state index contributed by atoms with van der Waals surface area (Å²) in [5.74, 6) is 0.349. The first-order valence-corrected chi connectivity index (χ1v) is 16.7. The summed E-state index contributed by atoms with van der Waals surface area (Å²) in [7, 11) is -3.45. The Balaban J connectivity index is 1.80. The standard InChI is InChI=1S/C23H42N6O4Si2/c1-13(2)34(14(3)4)30-10-17-20(32-35(33-34,15(5)6)16(7)8)18(25-9)23(31-17)29-12-28-19-21(24)26-11-27-22(19)29/h11-18,20,23,25H,10H2,1-9H3,(H2,24,26,27)/t17-,18-,20-,23?/m1/s1. The second kappa shape index (κ2) is 9.80. The van der Waals surface area contributed by atoms with E-state index in [1.165, 1.54) is 6.33 Å². The van der Waals surface area contributed by atoms with Gasteiger partial charge in [0.05, 0.1) is 25.1 Å². The minimum atomic E-state index is -2.76. The Morgan fingerprint density at radius 2 is 1.60 bits per heavy atom. The van der Waals surface area contributed by atoms with Crippen LogP contribution in [0.1, 0.15) is 61.6 Å². The maximum Gasteiger partial charge on any atom is 0.335 e. The molecule has 35 heavy (non-hydrogen) atoms. The number of anilines is 1. The van der Waals surface area contributed by atoms with Gasteiger partial charge in [-0.2, -0.15) is 0 Å². The predicted octanol–water partition coefficient (Wildman–Crippen LogP) is 3.85. The van der Waals surface area contributed by atoms with Crippen LogP contribution >= 0.6 is 0 Å². The highest BCUT2D eigenvalue weighted by Gasteiger charge is 2.61. The van der Waals surface area contributed by atoms with E-state index in [-0.39, 0.29) is 40.4 Å². The van der Waals surface area contributed by atoms with Crippen molar-refractivity contribution in [2.75, 3.05) is 19.4 Å².